The number of benzene rings is 2. The minimum Gasteiger partial charge on any atom is -0.496 e. The van der Waals surface area contributed by atoms with Crippen LogP contribution >= 0.6 is 11.6 Å². The van der Waals surface area contributed by atoms with E-state index in [1.807, 2.05) is 6.07 Å². The fourth-order valence-electron chi connectivity index (χ4n) is 3.04. The molecule has 2 atom stereocenters. The summed E-state index contributed by atoms with van der Waals surface area (Å²) in [5, 5.41) is 14.2. The Hall–Kier alpha value is -3.00. The Morgan fingerprint density at radius 2 is 2.22 bits per heavy atom. The van der Waals surface area contributed by atoms with E-state index in [0.29, 0.717) is 22.0 Å². The normalized spacial score (nSPS) is 18.2. The standard InChI is InChI=1S/C18H15ClFN5O2/c1-27-17-8-16(25-9-21-23-24-25)14(19)6-13(17)18(26)22-15-7-12(15)10-3-2-4-11(20)5-10/h2-6,8-9,12,15H,7H2,1H3,(H,22,26). The number of methoxy groups -OCH3 is 1. The maximum atomic E-state index is 13.4. The zero-order valence-electron chi connectivity index (χ0n) is 14.3. The number of aromatic nitrogens is 4. The van der Waals surface area contributed by atoms with Gasteiger partial charge in [0.25, 0.3) is 5.91 Å². The summed E-state index contributed by atoms with van der Waals surface area (Å²) in [4.78, 5) is 12.7. The van der Waals surface area contributed by atoms with Gasteiger partial charge in [-0.2, -0.15) is 4.68 Å². The first-order chi connectivity index (χ1) is 13.1. The molecule has 1 amide bonds. The molecule has 9 heteroatoms. The van der Waals surface area contributed by atoms with Crippen molar-refractivity contribution in [3.8, 4) is 11.4 Å². The molecule has 1 N–H and O–H groups in total. The van der Waals surface area contributed by atoms with Crippen molar-refractivity contribution in [3.05, 3.63) is 64.7 Å². The van der Waals surface area contributed by atoms with Gasteiger partial charge in [-0.25, -0.2) is 4.39 Å². The van der Waals surface area contributed by atoms with Gasteiger partial charge in [0.1, 0.15) is 17.9 Å². The van der Waals surface area contributed by atoms with Gasteiger partial charge < -0.3 is 10.1 Å². The third-order valence-electron chi connectivity index (χ3n) is 4.49. The van der Waals surface area contributed by atoms with Crippen LogP contribution in [0.25, 0.3) is 5.69 Å². The predicted octanol–water partition coefficient (Wildman–Crippen LogP) is 2.75. The van der Waals surface area contributed by atoms with Crippen molar-refractivity contribution in [1.29, 1.82) is 0 Å². The van der Waals surface area contributed by atoms with Crippen molar-refractivity contribution in [2.75, 3.05) is 7.11 Å². The van der Waals surface area contributed by atoms with E-state index in [1.54, 1.807) is 12.1 Å². The molecule has 1 heterocycles. The van der Waals surface area contributed by atoms with E-state index < -0.39 is 0 Å². The molecule has 7 nitrogen and oxygen atoms in total. The van der Waals surface area contributed by atoms with E-state index in [9.17, 15) is 9.18 Å². The van der Waals surface area contributed by atoms with Gasteiger partial charge in [-0.05, 0) is 40.6 Å². The van der Waals surface area contributed by atoms with Gasteiger partial charge in [-0.15, -0.1) is 5.10 Å². The summed E-state index contributed by atoms with van der Waals surface area (Å²) in [5.74, 6) is -0.131. The fraction of sp³-hybridized carbons (Fsp3) is 0.222. The number of halogens is 2. The van der Waals surface area contributed by atoms with Crippen molar-refractivity contribution in [1.82, 2.24) is 25.5 Å². The molecule has 2 aromatic carbocycles. The highest BCUT2D eigenvalue weighted by Gasteiger charge is 2.40. The van der Waals surface area contributed by atoms with Crippen molar-refractivity contribution in [3.63, 3.8) is 0 Å². The first kappa shape index (κ1) is 17.4. The molecule has 3 aromatic rings. The van der Waals surface area contributed by atoms with Crippen molar-refractivity contribution < 1.29 is 13.9 Å². The highest BCUT2D eigenvalue weighted by Crippen LogP contribution is 2.41. The first-order valence-corrected chi connectivity index (χ1v) is 8.62. The minimum absolute atomic E-state index is 0.0537. The van der Waals surface area contributed by atoms with Crippen LogP contribution in [-0.2, 0) is 0 Å². The molecule has 4 rings (SSSR count). The highest BCUT2D eigenvalue weighted by molar-refractivity contribution is 6.33. The number of amides is 1. The number of carbonyl (C=O) groups is 1. The molecule has 0 saturated heterocycles. The molecular weight excluding hydrogens is 373 g/mol. The molecule has 1 aliphatic rings. The predicted molar refractivity (Wildman–Crippen MR) is 95.7 cm³/mol. The molecule has 1 fully saturated rings. The van der Waals surface area contributed by atoms with Crippen LogP contribution in [0.1, 0.15) is 28.3 Å². The number of ether oxygens (including phenoxy) is 1. The monoisotopic (exact) mass is 387 g/mol. The quantitative estimate of drug-likeness (QED) is 0.728. The van der Waals surface area contributed by atoms with Crippen LogP contribution in [0.15, 0.2) is 42.7 Å². The third-order valence-corrected chi connectivity index (χ3v) is 4.80. The molecule has 0 bridgehead atoms. The number of carbonyl (C=O) groups excluding carboxylic acids is 1. The molecule has 1 saturated carbocycles. The van der Waals surface area contributed by atoms with Gasteiger partial charge in [0.15, 0.2) is 0 Å². The van der Waals surface area contributed by atoms with E-state index >= 15 is 0 Å². The van der Waals surface area contributed by atoms with Crippen molar-refractivity contribution in [2.24, 2.45) is 0 Å². The number of rotatable bonds is 5. The first-order valence-electron chi connectivity index (χ1n) is 8.24. The van der Waals surface area contributed by atoms with E-state index in [0.717, 1.165) is 12.0 Å². The van der Waals surface area contributed by atoms with Crippen LogP contribution in [0, 0.1) is 5.82 Å². The Morgan fingerprint density at radius 1 is 1.37 bits per heavy atom. The zero-order chi connectivity index (χ0) is 19.0. The second-order valence-electron chi connectivity index (χ2n) is 6.24. The van der Waals surface area contributed by atoms with Crippen LogP contribution in [0.5, 0.6) is 5.75 Å². The number of hydrogen-bond acceptors (Lipinski definition) is 5. The second-order valence-corrected chi connectivity index (χ2v) is 6.64. The summed E-state index contributed by atoms with van der Waals surface area (Å²) in [7, 11) is 1.47. The molecule has 0 radical (unpaired) electrons. The zero-order valence-corrected chi connectivity index (χ0v) is 15.0. The SMILES string of the molecule is COc1cc(-n2cnnn2)c(Cl)cc1C(=O)NC1CC1c1cccc(F)c1. The average molecular weight is 388 g/mol. The van der Waals surface area contributed by atoms with Gasteiger partial charge in [0, 0.05) is 18.0 Å². The van der Waals surface area contributed by atoms with Crippen LogP contribution < -0.4 is 10.1 Å². The molecule has 0 aliphatic heterocycles. The summed E-state index contributed by atoms with van der Waals surface area (Å²) in [5.41, 5.74) is 1.68. The summed E-state index contributed by atoms with van der Waals surface area (Å²) in [6.07, 6.45) is 2.15. The smallest absolute Gasteiger partial charge is 0.255 e. The molecule has 27 heavy (non-hydrogen) atoms. The van der Waals surface area contributed by atoms with Crippen LogP contribution in [0.3, 0.4) is 0 Å². The van der Waals surface area contributed by atoms with Crippen LogP contribution in [0.4, 0.5) is 4.39 Å². The van der Waals surface area contributed by atoms with E-state index in [1.165, 1.54) is 36.3 Å². The Morgan fingerprint density at radius 3 is 2.93 bits per heavy atom. The maximum Gasteiger partial charge on any atom is 0.255 e. The Balaban J connectivity index is 1.53. The van der Waals surface area contributed by atoms with Gasteiger partial charge in [-0.1, -0.05) is 23.7 Å². The van der Waals surface area contributed by atoms with Gasteiger partial charge in [0.05, 0.1) is 23.4 Å². The molecular formula is C18H15ClFN5O2. The van der Waals surface area contributed by atoms with Crippen LogP contribution in [-0.4, -0.2) is 39.3 Å². The lowest BCUT2D eigenvalue weighted by Crippen LogP contribution is -2.27. The molecule has 0 spiro atoms. The maximum absolute atomic E-state index is 13.4. The third kappa shape index (κ3) is 3.48. The Labute approximate surface area is 159 Å². The van der Waals surface area contributed by atoms with Crippen molar-refractivity contribution in [2.45, 2.75) is 18.4 Å². The fourth-order valence-corrected chi connectivity index (χ4v) is 3.29. The number of hydrogen-bond donors (Lipinski definition) is 1. The van der Waals surface area contributed by atoms with E-state index in [-0.39, 0.29) is 23.7 Å². The lowest BCUT2D eigenvalue weighted by atomic mass is 10.1. The minimum atomic E-state index is -0.305. The van der Waals surface area contributed by atoms with Crippen LogP contribution in [0.2, 0.25) is 5.02 Å². The Kier molecular flexibility index (Phi) is 4.49. The summed E-state index contributed by atoms with van der Waals surface area (Å²) < 4.78 is 20.1. The lowest BCUT2D eigenvalue weighted by Gasteiger charge is -2.12. The molecule has 138 valence electrons. The van der Waals surface area contributed by atoms with Crippen molar-refractivity contribution >= 4 is 17.5 Å². The van der Waals surface area contributed by atoms with Gasteiger partial charge in [-0.3, -0.25) is 4.79 Å². The Bertz CT molecular complexity index is 995. The summed E-state index contributed by atoms with van der Waals surface area (Å²) >= 11 is 6.29. The van der Waals surface area contributed by atoms with Gasteiger partial charge in [0.2, 0.25) is 0 Å². The van der Waals surface area contributed by atoms with E-state index in [2.05, 4.69) is 20.8 Å². The number of tetrazole rings is 1. The van der Waals surface area contributed by atoms with E-state index in [4.69, 9.17) is 16.3 Å². The number of nitrogens with zero attached hydrogens (tertiary/aromatic N) is 4. The summed E-state index contributed by atoms with van der Waals surface area (Å²) in [6, 6.07) is 9.49. The lowest BCUT2D eigenvalue weighted by molar-refractivity contribution is 0.0947. The molecule has 1 aromatic heterocycles. The average Bonchev–Trinajstić information content (AvgIpc) is 3.21. The van der Waals surface area contributed by atoms with Gasteiger partial charge >= 0.3 is 0 Å². The highest BCUT2D eigenvalue weighted by atomic mass is 35.5. The molecule has 2 unspecified atom stereocenters. The largest absolute Gasteiger partial charge is 0.496 e. The molecule has 1 aliphatic carbocycles. The topological polar surface area (TPSA) is 81.9 Å². The number of nitrogens with one attached hydrogen (secondary N) is 1. The summed E-state index contributed by atoms with van der Waals surface area (Å²) in [6.45, 7) is 0. The second kappa shape index (κ2) is 6.96.